The molecule has 1 rings (SSSR count). The maximum Gasteiger partial charge on any atom is 0.574 e. The second-order valence-corrected chi connectivity index (χ2v) is 3.45. The quantitative estimate of drug-likeness (QED) is 0.487. The van der Waals surface area contributed by atoms with Crippen LogP contribution in [0.15, 0.2) is 6.07 Å². The highest BCUT2D eigenvalue weighted by atomic mass is 35.5. The zero-order valence-electron chi connectivity index (χ0n) is 8.77. The maximum absolute atomic E-state index is 12.5. The number of hydrogen-bond acceptors (Lipinski definition) is 3. The summed E-state index contributed by atoms with van der Waals surface area (Å²) in [6, 6.07) is 0.552. The molecule has 1 aromatic rings. The minimum Gasteiger partial charge on any atom is -0.387 e. The van der Waals surface area contributed by atoms with Gasteiger partial charge < -0.3 is 4.74 Å². The number of halogens is 7. The lowest BCUT2D eigenvalue weighted by Gasteiger charge is -2.15. The molecule has 3 nitrogen and oxygen atoms in total. The second kappa shape index (κ2) is 5.24. The Morgan fingerprint density at radius 2 is 1.84 bits per heavy atom. The fraction of sp³-hybridized carbons (Fsp3) is 0.333. The zero-order valence-corrected chi connectivity index (χ0v) is 9.53. The minimum absolute atomic E-state index is 0.107. The van der Waals surface area contributed by atoms with Crippen LogP contribution < -0.4 is 4.74 Å². The first-order valence-electron chi connectivity index (χ1n) is 4.46. The number of aromatic nitrogens is 1. The van der Waals surface area contributed by atoms with Crippen molar-refractivity contribution in [3.8, 4) is 5.88 Å². The third-order valence-corrected chi connectivity index (χ3v) is 2.13. The predicted molar refractivity (Wildman–Crippen MR) is 50.9 cm³/mol. The molecule has 0 amide bonds. The number of aldehydes is 1. The summed E-state index contributed by atoms with van der Waals surface area (Å²) in [5, 5.41) is 0. The van der Waals surface area contributed by atoms with Crippen molar-refractivity contribution in [2.45, 2.75) is 18.4 Å². The molecule has 1 aromatic heterocycles. The highest BCUT2D eigenvalue weighted by molar-refractivity contribution is 6.17. The third-order valence-electron chi connectivity index (χ3n) is 1.85. The predicted octanol–water partition coefficient (Wildman–Crippen LogP) is 3.55. The number of carbonyl (C=O) groups is 1. The van der Waals surface area contributed by atoms with E-state index in [2.05, 4.69) is 9.72 Å². The molecule has 0 aliphatic carbocycles. The van der Waals surface area contributed by atoms with Gasteiger partial charge in [0.25, 0.3) is 0 Å². The van der Waals surface area contributed by atoms with E-state index in [1.54, 1.807) is 0 Å². The van der Waals surface area contributed by atoms with Crippen LogP contribution in [0.4, 0.5) is 26.3 Å². The molecule has 0 saturated carbocycles. The Balaban J connectivity index is 3.42. The first-order valence-corrected chi connectivity index (χ1v) is 5.00. The van der Waals surface area contributed by atoms with E-state index >= 15 is 0 Å². The van der Waals surface area contributed by atoms with Crippen molar-refractivity contribution in [2.75, 3.05) is 0 Å². The Labute approximate surface area is 107 Å². The summed E-state index contributed by atoms with van der Waals surface area (Å²) in [4.78, 5) is 13.2. The van der Waals surface area contributed by atoms with Crippen LogP contribution in [0.2, 0.25) is 0 Å². The van der Waals surface area contributed by atoms with Gasteiger partial charge in [-0.3, -0.25) is 4.79 Å². The molecule has 0 N–H and O–H groups in total. The molecule has 19 heavy (non-hydrogen) atoms. The summed E-state index contributed by atoms with van der Waals surface area (Å²) < 4.78 is 76.8. The normalized spacial score (nSPS) is 12.4. The number of hydrogen-bond donors (Lipinski definition) is 0. The average molecular weight is 308 g/mol. The lowest BCUT2D eigenvalue weighted by molar-refractivity contribution is -0.276. The Morgan fingerprint density at radius 3 is 2.21 bits per heavy atom. The van der Waals surface area contributed by atoms with Gasteiger partial charge in [0, 0.05) is 5.88 Å². The molecule has 0 aliphatic heterocycles. The molecule has 0 radical (unpaired) electrons. The van der Waals surface area contributed by atoms with Gasteiger partial charge in [0.05, 0.1) is 5.56 Å². The molecular weight excluding hydrogens is 304 g/mol. The Bertz CT molecular complexity index is 485. The van der Waals surface area contributed by atoms with E-state index in [0.29, 0.717) is 6.07 Å². The lowest BCUT2D eigenvalue weighted by Crippen LogP contribution is -2.21. The van der Waals surface area contributed by atoms with Crippen LogP contribution in [0.3, 0.4) is 0 Å². The molecule has 0 saturated heterocycles. The van der Waals surface area contributed by atoms with Gasteiger partial charge in [-0.2, -0.15) is 13.2 Å². The number of nitrogens with zero attached hydrogens (tertiary/aromatic N) is 1. The molecule has 0 fully saturated rings. The van der Waals surface area contributed by atoms with Gasteiger partial charge in [-0.15, -0.1) is 24.8 Å². The highest BCUT2D eigenvalue weighted by Crippen LogP contribution is 2.35. The molecule has 1 heterocycles. The van der Waals surface area contributed by atoms with Crippen molar-refractivity contribution in [1.29, 1.82) is 0 Å². The summed E-state index contributed by atoms with van der Waals surface area (Å²) in [5.74, 6) is -2.14. The number of pyridine rings is 1. The SMILES string of the molecule is O=Cc1cc(CCl)c(C(F)(F)F)nc1OC(F)(F)F. The molecule has 0 spiro atoms. The van der Waals surface area contributed by atoms with Crippen molar-refractivity contribution in [3.05, 3.63) is 22.9 Å². The van der Waals surface area contributed by atoms with E-state index in [0.717, 1.165) is 0 Å². The van der Waals surface area contributed by atoms with Crippen molar-refractivity contribution in [1.82, 2.24) is 4.98 Å². The largest absolute Gasteiger partial charge is 0.574 e. The first-order chi connectivity index (χ1) is 8.58. The summed E-state index contributed by atoms with van der Waals surface area (Å²) >= 11 is 5.23. The van der Waals surface area contributed by atoms with Crippen LogP contribution in [-0.4, -0.2) is 17.6 Å². The molecule has 0 bridgehead atoms. The summed E-state index contributed by atoms with van der Waals surface area (Å²) in [5.41, 5.74) is -3.03. The molecule has 0 aromatic carbocycles. The third kappa shape index (κ3) is 3.98. The van der Waals surface area contributed by atoms with Crippen molar-refractivity contribution in [2.24, 2.45) is 0 Å². The molecule has 0 unspecified atom stereocenters. The number of alkyl halides is 7. The van der Waals surface area contributed by atoms with Gasteiger partial charge >= 0.3 is 12.5 Å². The molecule has 10 heteroatoms. The second-order valence-electron chi connectivity index (χ2n) is 3.19. The van der Waals surface area contributed by atoms with Crippen LogP contribution in [0.5, 0.6) is 5.88 Å². The molecule has 106 valence electrons. The van der Waals surface area contributed by atoms with Gasteiger partial charge in [-0.05, 0) is 11.6 Å². The summed E-state index contributed by atoms with van der Waals surface area (Å²) in [6.07, 6.45) is -10.4. The number of ether oxygens (including phenoxy) is 1. The Kier molecular flexibility index (Phi) is 4.28. The molecule has 0 atom stereocenters. The fourth-order valence-corrected chi connectivity index (χ4v) is 1.38. The Morgan fingerprint density at radius 1 is 1.26 bits per heavy atom. The smallest absolute Gasteiger partial charge is 0.387 e. The van der Waals surface area contributed by atoms with Gasteiger partial charge in [0.2, 0.25) is 5.88 Å². The van der Waals surface area contributed by atoms with Crippen LogP contribution in [-0.2, 0) is 12.1 Å². The summed E-state index contributed by atoms with van der Waals surface area (Å²) in [7, 11) is 0. The van der Waals surface area contributed by atoms with Gasteiger partial charge in [0.15, 0.2) is 12.0 Å². The fourth-order valence-electron chi connectivity index (χ4n) is 1.18. The number of rotatable bonds is 3. The molecular formula is C9H4ClF6NO2. The van der Waals surface area contributed by atoms with E-state index in [9.17, 15) is 31.1 Å². The zero-order chi connectivity index (χ0) is 14.8. The minimum atomic E-state index is -5.27. The Hall–Kier alpha value is -1.51. The van der Waals surface area contributed by atoms with Crippen molar-refractivity contribution >= 4 is 17.9 Å². The van der Waals surface area contributed by atoms with E-state index in [1.165, 1.54) is 0 Å². The van der Waals surface area contributed by atoms with Crippen LogP contribution >= 0.6 is 11.6 Å². The van der Waals surface area contributed by atoms with Crippen LogP contribution in [0, 0.1) is 0 Å². The van der Waals surface area contributed by atoms with Crippen LogP contribution in [0.25, 0.3) is 0 Å². The topological polar surface area (TPSA) is 39.2 Å². The van der Waals surface area contributed by atoms with Crippen LogP contribution in [0.1, 0.15) is 21.6 Å². The van der Waals surface area contributed by atoms with Gasteiger partial charge in [-0.1, -0.05) is 0 Å². The van der Waals surface area contributed by atoms with E-state index in [4.69, 9.17) is 11.6 Å². The van der Waals surface area contributed by atoms with Crippen molar-refractivity contribution in [3.63, 3.8) is 0 Å². The highest BCUT2D eigenvalue weighted by Gasteiger charge is 2.39. The van der Waals surface area contributed by atoms with E-state index in [-0.39, 0.29) is 6.29 Å². The maximum atomic E-state index is 12.5. The standard InChI is InChI=1S/C9H4ClF6NO2/c10-2-4-1-5(3-18)7(19-9(14,15)16)17-6(4)8(11,12)13/h1,3H,2H2. The number of carbonyl (C=O) groups excluding carboxylic acids is 1. The average Bonchev–Trinajstić information content (AvgIpc) is 2.25. The summed E-state index contributed by atoms with van der Waals surface area (Å²) in [6.45, 7) is 0. The lowest BCUT2D eigenvalue weighted by atomic mass is 10.1. The van der Waals surface area contributed by atoms with E-state index in [1.807, 2.05) is 0 Å². The monoisotopic (exact) mass is 307 g/mol. The van der Waals surface area contributed by atoms with Gasteiger partial charge in [-0.25, -0.2) is 4.98 Å². The van der Waals surface area contributed by atoms with E-state index < -0.39 is 41.1 Å². The first kappa shape index (κ1) is 15.5. The van der Waals surface area contributed by atoms with Gasteiger partial charge in [0.1, 0.15) is 0 Å². The van der Waals surface area contributed by atoms with Crippen molar-refractivity contribution < 1.29 is 35.9 Å². The molecule has 0 aliphatic rings.